The lowest BCUT2D eigenvalue weighted by Gasteiger charge is -2.29. The molecule has 3 rings (SSSR count). The van der Waals surface area contributed by atoms with Crippen molar-refractivity contribution in [2.45, 2.75) is 6.10 Å². The molecule has 23 heavy (non-hydrogen) atoms. The van der Waals surface area contributed by atoms with E-state index in [2.05, 4.69) is 0 Å². The molecular formula is C17H16ClNO4. The van der Waals surface area contributed by atoms with Gasteiger partial charge in [-0.25, -0.2) is 0 Å². The van der Waals surface area contributed by atoms with Gasteiger partial charge in [0.2, 0.25) is 0 Å². The lowest BCUT2D eigenvalue weighted by atomic mass is 10.1. The number of rotatable bonds is 3. The number of ether oxygens (including phenoxy) is 2. The zero-order valence-electron chi connectivity index (χ0n) is 12.5. The van der Waals surface area contributed by atoms with Gasteiger partial charge in [0.25, 0.3) is 5.91 Å². The van der Waals surface area contributed by atoms with Crippen molar-refractivity contribution in [3.8, 4) is 17.2 Å². The first kappa shape index (κ1) is 15.5. The predicted molar refractivity (Wildman–Crippen MR) is 86.4 cm³/mol. The first-order valence-electron chi connectivity index (χ1n) is 7.17. The van der Waals surface area contributed by atoms with Gasteiger partial charge in [-0.05, 0) is 30.3 Å². The zero-order chi connectivity index (χ0) is 16.4. The van der Waals surface area contributed by atoms with E-state index in [0.29, 0.717) is 29.7 Å². The lowest BCUT2D eigenvalue weighted by Crippen LogP contribution is -2.41. The summed E-state index contributed by atoms with van der Waals surface area (Å²) in [4.78, 5) is 13.9. The van der Waals surface area contributed by atoms with Gasteiger partial charge in [0.15, 0.2) is 17.6 Å². The van der Waals surface area contributed by atoms with Crippen LogP contribution in [-0.2, 0) is 0 Å². The number of para-hydroxylation sites is 2. The molecule has 1 heterocycles. The highest BCUT2D eigenvalue weighted by Crippen LogP contribution is 2.31. The molecule has 0 aromatic heterocycles. The maximum Gasteiger partial charge on any atom is 0.257 e. The molecule has 0 aliphatic carbocycles. The largest absolute Gasteiger partial charge is 0.507 e. The van der Waals surface area contributed by atoms with Gasteiger partial charge in [0.1, 0.15) is 12.4 Å². The van der Waals surface area contributed by atoms with E-state index in [1.165, 1.54) is 23.1 Å². The van der Waals surface area contributed by atoms with Gasteiger partial charge in [0, 0.05) is 12.1 Å². The Kier molecular flexibility index (Phi) is 4.30. The minimum Gasteiger partial charge on any atom is -0.507 e. The van der Waals surface area contributed by atoms with Crippen LogP contribution < -0.4 is 9.47 Å². The van der Waals surface area contributed by atoms with E-state index >= 15 is 0 Å². The molecule has 0 saturated carbocycles. The normalized spacial score (nSPS) is 16.0. The Morgan fingerprint density at radius 1 is 1.30 bits per heavy atom. The molecule has 0 radical (unpaired) electrons. The van der Waals surface area contributed by atoms with Gasteiger partial charge in [-0.15, -0.1) is 0 Å². The number of carbonyl (C=O) groups is 1. The SMILES string of the molecule is CN(C[C@@H]1COc2ccccc2O1)C(=O)c1cc(Cl)ccc1O. The minimum atomic E-state index is -0.326. The monoisotopic (exact) mass is 333 g/mol. The number of amides is 1. The fraction of sp³-hybridized carbons (Fsp3) is 0.235. The Labute approximate surface area is 139 Å². The minimum absolute atomic E-state index is 0.0996. The summed E-state index contributed by atoms with van der Waals surface area (Å²) in [7, 11) is 1.65. The number of hydrogen-bond donors (Lipinski definition) is 1. The van der Waals surface area contributed by atoms with Gasteiger partial charge in [-0.3, -0.25) is 4.79 Å². The Morgan fingerprint density at radius 2 is 2.04 bits per heavy atom. The second kappa shape index (κ2) is 6.38. The van der Waals surface area contributed by atoms with Crippen molar-refractivity contribution in [2.75, 3.05) is 20.2 Å². The molecule has 0 unspecified atom stereocenters. The summed E-state index contributed by atoms with van der Waals surface area (Å²) >= 11 is 5.89. The number of aromatic hydroxyl groups is 1. The number of hydrogen-bond acceptors (Lipinski definition) is 4. The van der Waals surface area contributed by atoms with E-state index in [0.717, 1.165) is 0 Å². The number of phenols is 1. The van der Waals surface area contributed by atoms with Crippen molar-refractivity contribution in [3.63, 3.8) is 0 Å². The van der Waals surface area contributed by atoms with Gasteiger partial charge in [-0.1, -0.05) is 23.7 Å². The molecule has 2 aromatic carbocycles. The molecule has 0 saturated heterocycles. The fourth-order valence-corrected chi connectivity index (χ4v) is 2.60. The Balaban J connectivity index is 1.69. The summed E-state index contributed by atoms with van der Waals surface area (Å²) in [5.41, 5.74) is 0.164. The van der Waals surface area contributed by atoms with Gasteiger partial charge in [0.05, 0.1) is 12.1 Å². The van der Waals surface area contributed by atoms with Crippen molar-refractivity contribution in [1.29, 1.82) is 0 Å². The molecule has 1 N–H and O–H groups in total. The topological polar surface area (TPSA) is 59.0 Å². The fourth-order valence-electron chi connectivity index (χ4n) is 2.43. The smallest absolute Gasteiger partial charge is 0.257 e. The highest BCUT2D eigenvalue weighted by atomic mass is 35.5. The molecule has 1 amide bonds. The van der Waals surface area contributed by atoms with Crippen molar-refractivity contribution in [3.05, 3.63) is 53.1 Å². The molecule has 1 aliphatic heterocycles. The number of likely N-dealkylation sites (N-methyl/N-ethyl adjacent to an activating group) is 1. The first-order valence-corrected chi connectivity index (χ1v) is 7.55. The summed E-state index contributed by atoms with van der Waals surface area (Å²) in [6.07, 6.45) is -0.278. The third kappa shape index (κ3) is 3.35. The van der Waals surface area contributed by atoms with Gasteiger partial charge >= 0.3 is 0 Å². The molecule has 1 aliphatic rings. The average Bonchev–Trinajstić information content (AvgIpc) is 2.56. The van der Waals surface area contributed by atoms with Crippen LogP contribution in [0, 0.1) is 0 Å². The van der Waals surface area contributed by atoms with Gasteiger partial charge in [-0.2, -0.15) is 0 Å². The van der Waals surface area contributed by atoms with Crippen LogP contribution in [-0.4, -0.2) is 42.2 Å². The van der Waals surface area contributed by atoms with E-state index in [-0.39, 0.29) is 23.3 Å². The van der Waals surface area contributed by atoms with Crippen LogP contribution in [0.1, 0.15) is 10.4 Å². The summed E-state index contributed by atoms with van der Waals surface area (Å²) in [5, 5.41) is 10.2. The van der Waals surface area contributed by atoms with Crippen molar-refractivity contribution in [1.82, 2.24) is 4.90 Å². The van der Waals surface area contributed by atoms with Crippen LogP contribution >= 0.6 is 11.6 Å². The maximum absolute atomic E-state index is 12.4. The average molecular weight is 334 g/mol. The van der Waals surface area contributed by atoms with Crippen LogP contribution in [0.5, 0.6) is 17.2 Å². The van der Waals surface area contributed by atoms with Crippen molar-refractivity contribution < 1.29 is 19.4 Å². The van der Waals surface area contributed by atoms with E-state index in [9.17, 15) is 9.90 Å². The highest BCUT2D eigenvalue weighted by Gasteiger charge is 2.25. The van der Waals surface area contributed by atoms with Crippen LogP contribution in [0.4, 0.5) is 0 Å². The number of nitrogens with zero attached hydrogens (tertiary/aromatic N) is 1. The molecular weight excluding hydrogens is 318 g/mol. The van der Waals surface area contributed by atoms with Crippen molar-refractivity contribution in [2.24, 2.45) is 0 Å². The third-order valence-electron chi connectivity index (χ3n) is 3.58. The molecule has 120 valence electrons. The standard InChI is InChI=1S/C17H16ClNO4/c1-19(17(21)13-8-11(18)6-7-14(13)20)9-12-10-22-15-4-2-3-5-16(15)23-12/h2-8,12,20H,9-10H2,1H3/t12-/m1/s1. The van der Waals surface area contributed by atoms with Crippen molar-refractivity contribution >= 4 is 17.5 Å². The van der Waals surface area contributed by atoms with Crippen LogP contribution in [0.3, 0.4) is 0 Å². The summed E-state index contributed by atoms with van der Waals surface area (Å²) in [5.74, 6) is 0.935. The molecule has 0 fully saturated rings. The Morgan fingerprint density at radius 3 is 2.83 bits per heavy atom. The highest BCUT2D eigenvalue weighted by molar-refractivity contribution is 6.31. The number of halogens is 1. The summed E-state index contributed by atoms with van der Waals surface area (Å²) in [6, 6.07) is 11.8. The van der Waals surface area contributed by atoms with E-state index in [4.69, 9.17) is 21.1 Å². The Hall–Kier alpha value is -2.40. The number of fused-ring (bicyclic) bond motifs is 1. The molecule has 2 aromatic rings. The lowest BCUT2D eigenvalue weighted by molar-refractivity contribution is 0.0519. The summed E-state index contributed by atoms with van der Waals surface area (Å²) < 4.78 is 11.5. The number of phenolic OH excluding ortho intramolecular Hbond substituents is 1. The van der Waals surface area contributed by atoms with E-state index in [1.807, 2.05) is 24.3 Å². The molecule has 1 atom stereocenters. The first-order chi connectivity index (χ1) is 11.0. The predicted octanol–water partition coefficient (Wildman–Crippen LogP) is 2.96. The summed E-state index contributed by atoms with van der Waals surface area (Å²) in [6.45, 7) is 0.690. The molecule has 0 bridgehead atoms. The van der Waals surface area contributed by atoms with Crippen LogP contribution in [0.15, 0.2) is 42.5 Å². The number of benzene rings is 2. The Bertz CT molecular complexity index is 734. The zero-order valence-corrected chi connectivity index (χ0v) is 13.3. The second-order valence-electron chi connectivity index (χ2n) is 5.34. The van der Waals surface area contributed by atoms with E-state index in [1.54, 1.807) is 7.05 Å². The number of carbonyl (C=O) groups excluding carboxylic acids is 1. The molecule has 5 nitrogen and oxygen atoms in total. The van der Waals surface area contributed by atoms with Crippen LogP contribution in [0.2, 0.25) is 5.02 Å². The molecule has 0 spiro atoms. The van der Waals surface area contributed by atoms with Crippen LogP contribution in [0.25, 0.3) is 0 Å². The molecule has 6 heteroatoms. The third-order valence-corrected chi connectivity index (χ3v) is 3.82. The van der Waals surface area contributed by atoms with E-state index < -0.39 is 0 Å². The maximum atomic E-state index is 12.4. The van der Waals surface area contributed by atoms with Gasteiger partial charge < -0.3 is 19.5 Å². The quantitative estimate of drug-likeness (QED) is 0.938. The second-order valence-corrected chi connectivity index (χ2v) is 5.78.